The number of rotatable bonds is 3. The van der Waals surface area contributed by atoms with Crippen LogP contribution in [0, 0.1) is 22.7 Å². The molecule has 0 aliphatic heterocycles. The molecule has 0 bridgehead atoms. The molecular weight excluding hydrogens is 250 g/mol. The zero-order chi connectivity index (χ0) is 14.4. The summed E-state index contributed by atoms with van der Waals surface area (Å²) in [5.41, 5.74) is 2.13. The van der Waals surface area contributed by atoms with Crippen molar-refractivity contribution >= 4 is 11.4 Å². The van der Waals surface area contributed by atoms with E-state index in [-0.39, 0.29) is 0 Å². The van der Waals surface area contributed by atoms with Gasteiger partial charge in [0.1, 0.15) is 17.8 Å². The zero-order valence-corrected chi connectivity index (χ0v) is 10.9. The standard InChI is InChI=1S/C15H11N5/c1-20(15-9-5-3-7-13(15)11-17)19-18-14-8-4-2-6-12(14)10-16/h2-9H,1H3. The third kappa shape index (κ3) is 2.80. The van der Waals surface area contributed by atoms with Crippen molar-refractivity contribution in [3.05, 3.63) is 59.7 Å². The van der Waals surface area contributed by atoms with E-state index in [9.17, 15) is 0 Å². The number of anilines is 1. The highest BCUT2D eigenvalue weighted by Gasteiger charge is 2.05. The molecule has 0 radical (unpaired) electrons. The highest BCUT2D eigenvalue weighted by molar-refractivity contribution is 5.58. The summed E-state index contributed by atoms with van der Waals surface area (Å²) in [5, 5.41) is 27.6. The molecule has 2 aromatic carbocycles. The van der Waals surface area contributed by atoms with Crippen LogP contribution >= 0.6 is 0 Å². The third-order valence-corrected chi connectivity index (χ3v) is 2.68. The maximum absolute atomic E-state index is 9.04. The first-order valence-corrected chi connectivity index (χ1v) is 5.90. The van der Waals surface area contributed by atoms with Crippen LogP contribution in [0.15, 0.2) is 58.9 Å². The second kappa shape index (κ2) is 6.12. The smallest absolute Gasteiger partial charge is 0.105 e. The summed E-state index contributed by atoms with van der Waals surface area (Å²) in [6.07, 6.45) is 0. The molecule has 96 valence electrons. The molecule has 0 saturated carbocycles. The highest BCUT2D eigenvalue weighted by atomic mass is 15.5. The predicted molar refractivity (Wildman–Crippen MR) is 75.2 cm³/mol. The number of benzene rings is 2. The molecule has 2 aromatic rings. The molecule has 0 aromatic heterocycles. The van der Waals surface area contributed by atoms with Crippen LogP contribution in [0.5, 0.6) is 0 Å². The van der Waals surface area contributed by atoms with E-state index in [0.29, 0.717) is 22.5 Å². The molecule has 0 N–H and O–H groups in total. The lowest BCUT2D eigenvalue weighted by Crippen LogP contribution is -2.08. The lowest BCUT2D eigenvalue weighted by molar-refractivity contribution is 0.921. The Morgan fingerprint density at radius 1 is 0.900 bits per heavy atom. The molecule has 0 saturated heterocycles. The monoisotopic (exact) mass is 261 g/mol. The summed E-state index contributed by atoms with van der Waals surface area (Å²) in [4.78, 5) is 0. The van der Waals surface area contributed by atoms with E-state index < -0.39 is 0 Å². The van der Waals surface area contributed by atoms with E-state index in [4.69, 9.17) is 10.5 Å². The van der Waals surface area contributed by atoms with Gasteiger partial charge in [-0.2, -0.15) is 10.5 Å². The van der Waals surface area contributed by atoms with Crippen LogP contribution in [0.4, 0.5) is 11.4 Å². The Bertz CT molecular complexity index is 722. The Labute approximate surface area is 117 Å². The van der Waals surface area contributed by atoms with Crippen LogP contribution in [0.2, 0.25) is 0 Å². The van der Waals surface area contributed by atoms with Gasteiger partial charge < -0.3 is 0 Å². The number of hydrogen-bond donors (Lipinski definition) is 0. The molecule has 0 amide bonds. The Morgan fingerprint density at radius 3 is 2.20 bits per heavy atom. The number of nitriles is 2. The molecule has 0 unspecified atom stereocenters. The van der Waals surface area contributed by atoms with Crippen molar-refractivity contribution in [1.29, 1.82) is 10.5 Å². The maximum atomic E-state index is 9.04. The second-order valence-corrected chi connectivity index (χ2v) is 3.97. The summed E-state index contributed by atoms with van der Waals surface area (Å²) in [5.74, 6) is 0. The Kier molecular flexibility index (Phi) is 4.06. The van der Waals surface area contributed by atoms with E-state index in [1.807, 2.05) is 6.07 Å². The number of nitrogens with zero attached hydrogens (tertiary/aromatic N) is 5. The van der Waals surface area contributed by atoms with Crippen LogP contribution in [0.25, 0.3) is 0 Å². The summed E-state index contributed by atoms with van der Waals surface area (Å²) in [7, 11) is 1.70. The van der Waals surface area contributed by atoms with Crippen LogP contribution in [0.3, 0.4) is 0 Å². The molecule has 5 heteroatoms. The largest absolute Gasteiger partial charge is 0.249 e. The van der Waals surface area contributed by atoms with Crippen molar-refractivity contribution in [2.45, 2.75) is 0 Å². The fourth-order valence-electron chi connectivity index (χ4n) is 1.67. The van der Waals surface area contributed by atoms with Gasteiger partial charge in [0, 0.05) is 7.05 Å². The topological polar surface area (TPSA) is 75.5 Å². The minimum Gasteiger partial charge on any atom is -0.249 e. The van der Waals surface area contributed by atoms with Gasteiger partial charge >= 0.3 is 0 Å². The van der Waals surface area contributed by atoms with Crippen molar-refractivity contribution in [3.63, 3.8) is 0 Å². The van der Waals surface area contributed by atoms with Crippen LogP contribution < -0.4 is 5.01 Å². The molecule has 0 spiro atoms. The molecule has 0 atom stereocenters. The van der Waals surface area contributed by atoms with E-state index in [0.717, 1.165) is 0 Å². The van der Waals surface area contributed by atoms with Gasteiger partial charge in [-0.3, -0.25) is 0 Å². The van der Waals surface area contributed by atoms with Gasteiger partial charge in [-0.25, -0.2) is 5.01 Å². The van der Waals surface area contributed by atoms with Gasteiger partial charge in [-0.15, -0.1) is 5.11 Å². The van der Waals surface area contributed by atoms with E-state index >= 15 is 0 Å². The second-order valence-electron chi connectivity index (χ2n) is 3.97. The summed E-state index contributed by atoms with van der Waals surface area (Å²) in [6.45, 7) is 0. The summed E-state index contributed by atoms with van der Waals surface area (Å²) < 4.78 is 0. The zero-order valence-electron chi connectivity index (χ0n) is 10.9. The lowest BCUT2D eigenvalue weighted by Gasteiger charge is -2.12. The van der Waals surface area contributed by atoms with Gasteiger partial charge in [0.15, 0.2) is 0 Å². The quantitative estimate of drug-likeness (QED) is 0.626. The molecule has 0 aliphatic carbocycles. The molecule has 20 heavy (non-hydrogen) atoms. The van der Waals surface area contributed by atoms with Gasteiger partial charge in [-0.05, 0) is 24.3 Å². The average molecular weight is 261 g/mol. The first-order chi connectivity index (χ1) is 9.76. The predicted octanol–water partition coefficient (Wildman–Crippen LogP) is 3.57. The van der Waals surface area contributed by atoms with Crippen LogP contribution in [-0.4, -0.2) is 7.05 Å². The molecule has 0 fully saturated rings. The first-order valence-electron chi connectivity index (χ1n) is 5.90. The van der Waals surface area contributed by atoms with Gasteiger partial charge in [0.05, 0.1) is 16.8 Å². The Balaban J connectivity index is 2.28. The number of para-hydroxylation sites is 1. The minimum absolute atomic E-state index is 0.457. The van der Waals surface area contributed by atoms with E-state index in [1.165, 1.54) is 5.01 Å². The SMILES string of the molecule is CN(N=Nc1ccccc1C#N)c1ccccc1C#N. The van der Waals surface area contributed by atoms with Crippen molar-refractivity contribution in [3.8, 4) is 12.1 Å². The van der Waals surface area contributed by atoms with Gasteiger partial charge in [0.2, 0.25) is 0 Å². The lowest BCUT2D eigenvalue weighted by atomic mass is 10.2. The van der Waals surface area contributed by atoms with Gasteiger partial charge in [0.25, 0.3) is 0 Å². The fourth-order valence-corrected chi connectivity index (χ4v) is 1.67. The maximum Gasteiger partial charge on any atom is 0.105 e. The summed E-state index contributed by atoms with van der Waals surface area (Å²) >= 11 is 0. The molecule has 0 heterocycles. The molecule has 2 rings (SSSR count). The first kappa shape index (κ1) is 13.3. The van der Waals surface area contributed by atoms with Crippen molar-refractivity contribution < 1.29 is 0 Å². The van der Waals surface area contributed by atoms with Crippen LogP contribution in [0.1, 0.15) is 11.1 Å². The fraction of sp³-hybridized carbons (Fsp3) is 0.0667. The van der Waals surface area contributed by atoms with Crippen molar-refractivity contribution in [2.75, 3.05) is 12.1 Å². The van der Waals surface area contributed by atoms with Crippen molar-refractivity contribution in [1.82, 2.24) is 0 Å². The van der Waals surface area contributed by atoms with Crippen molar-refractivity contribution in [2.24, 2.45) is 10.3 Å². The third-order valence-electron chi connectivity index (χ3n) is 2.68. The molecule has 5 nitrogen and oxygen atoms in total. The average Bonchev–Trinajstić information content (AvgIpc) is 2.52. The number of hydrogen-bond acceptors (Lipinski definition) is 4. The van der Waals surface area contributed by atoms with Crippen LogP contribution in [-0.2, 0) is 0 Å². The minimum atomic E-state index is 0.457. The summed E-state index contributed by atoms with van der Waals surface area (Å²) in [6, 6.07) is 18.2. The van der Waals surface area contributed by atoms with Gasteiger partial charge in [-0.1, -0.05) is 29.5 Å². The molecular formula is C15H11N5. The van der Waals surface area contributed by atoms with E-state index in [1.54, 1.807) is 49.5 Å². The Morgan fingerprint density at radius 2 is 1.50 bits per heavy atom. The molecule has 0 aliphatic rings. The van der Waals surface area contributed by atoms with E-state index in [2.05, 4.69) is 22.5 Å². The normalized spacial score (nSPS) is 9.95. The Hall–Kier alpha value is -3.18. The highest BCUT2D eigenvalue weighted by Crippen LogP contribution is 2.22.